The summed E-state index contributed by atoms with van der Waals surface area (Å²) in [6.07, 6.45) is 3.81. The van der Waals surface area contributed by atoms with Crippen molar-refractivity contribution in [3.8, 4) is 0 Å². The van der Waals surface area contributed by atoms with Gasteiger partial charge in [0.15, 0.2) is 0 Å². The molecule has 0 aromatic carbocycles. The molecule has 0 saturated heterocycles. The Kier molecular flexibility index (Phi) is 3.17. The zero-order valence-electron chi connectivity index (χ0n) is 8.74. The quantitative estimate of drug-likeness (QED) is 0.797. The summed E-state index contributed by atoms with van der Waals surface area (Å²) in [7, 11) is 0. The molecule has 76 valence electrons. The van der Waals surface area contributed by atoms with Gasteiger partial charge < -0.3 is 5.32 Å². The van der Waals surface area contributed by atoms with E-state index in [1.807, 2.05) is 20.8 Å². The third-order valence-electron chi connectivity index (χ3n) is 2.32. The number of anilines is 1. The summed E-state index contributed by atoms with van der Waals surface area (Å²) in [6.45, 7) is 5.80. The molecular weight excluding hydrogens is 178 g/mol. The zero-order chi connectivity index (χ0) is 10.6. The van der Waals surface area contributed by atoms with E-state index in [1.165, 1.54) is 6.33 Å². The van der Waals surface area contributed by atoms with Gasteiger partial charge in [0.1, 0.15) is 12.1 Å². The Morgan fingerprint density at radius 2 is 2.29 bits per heavy atom. The van der Waals surface area contributed by atoms with E-state index in [0.717, 1.165) is 6.42 Å². The van der Waals surface area contributed by atoms with Gasteiger partial charge in [-0.1, -0.05) is 20.8 Å². The van der Waals surface area contributed by atoms with Crippen LogP contribution in [-0.4, -0.2) is 15.9 Å². The van der Waals surface area contributed by atoms with Crippen molar-refractivity contribution in [1.82, 2.24) is 9.97 Å². The van der Waals surface area contributed by atoms with Crippen LogP contribution in [-0.2, 0) is 4.79 Å². The molecule has 1 heterocycles. The van der Waals surface area contributed by atoms with E-state index in [1.54, 1.807) is 12.3 Å². The second kappa shape index (κ2) is 4.17. The van der Waals surface area contributed by atoms with Gasteiger partial charge in [-0.3, -0.25) is 4.79 Å². The highest BCUT2D eigenvalue weighted by atomic mass is 16.2. The van der Waals surface area contributed by atoms with Crippen molar-refractivity contribution in [3.63, 3.8) is 0 Å². The second-order valence-electron chi connectivity index (χ2n) is 3.79. The first kappa shape index (κ1) is 10.6. The van der Waals surface area contributed by atoms with Crippen molar-refractivity contribution >= 4 is 11.7 Å². The first-order valence-electron chi connectivity index (χ1n) is 4.63. The molecule has 4 nitrogen and oxygen atoms in total. The average Bonchev–Trinajstić information content (AvgIpc) is 2.19. The molecule has 0 aliphatic rings. The lowest BCUT2D eigenvalue weighted by Gasteiger charge is -2.20. The number of aromatic nitrogens is 2. The molecule has 1 N–H and O–H groups in total. The minimum atomic E-state index is -0.356. The van der Waals surface area contributed by atoms with Crippen LogP contribution in [0.2, 0.25) is 0 Å². The van der Waals surface area contributed by atoms with Gasteiger partial charge in [-0.05, 0) is 12.5 Å². The maximum absolute atomic E-state index is 11.7. The Labute approximate surface area is 83.8 Å². The number of nitrogens with zero attached hydrogens (tertiary/aromatic N) is 2. The lowest BCUT2D eigenvalue weighted by molar-refractivity contribution is -0.124. The van der Waals surface area contributed by atoms with E-state index in [2.05, 4.69) is 15.3 Å². The predicted octanol–water partition coefficient (Wildman–Crippen LogP) is 1.85. The molecule has 0 atom stereocenters. The fourth-order valence-electron chi connectivity index (χ4n) is 0.811. The van der Waals surface area contributed by atoms with Crippen LogP contribution in [0.3, 0.4) is 0 Å². The number of rotatable bonds is 3. The molecule has 1 aromatic rings. The lowest BCUT2D eigenvalue weighted by Crippen LogP contribution is -2.30. The summed E-state index contributed by atoms with van der Waals surface area (Å²) in [5.74, 6) is 0.533. The number of carbonyl (C=O) groups is 1. The van der Waals surface area contributed by atoms with Gasteiger partial charge in [0, 0.05) is 11.6 Å². The number of amides is 1. The van der Waals surface area contributed by atoms with Crippen molar-refractivity contribution in [1.29, 1.82) is 0 Å². The minimum absolute atomic E-state index is 0.0151. The summed E-state index contributed by atoms with van der Waals surface area (Å²) in [6, 6.07) is 1.67. The highest BCUT2D eigenvalue weighted by molar-refractivity contribution is 5.93. The van der Waals surface area contributed by atoms with Crippen molar-refractivity contribution in [3.05, 3.63) is 18.6 Å². The molecule has 1 aromatic heterocycles. The molecule has 4 heteroatoms. The first-order chi connectivity index (χ1) is 6.56. The Bertz CT molecular complexity index is 308. The SMILES string of the molecule is CCC(C)(C)C(=O)Nc1ccncn1. The number of hydrogen-bond donors (Lipinski definition) is 1. The van der Waals surface area contributed by atoms with Gasteiger partial charge in [0.25, 0.3) is 0 Å². The van der Waals surface area contributed by atoms with Gasteiger partial charge >= 0.3 is 0 Å². The molecule has 0 unspecified atom stereocenters. The average molecular weight is 193 g/mol. The molecule has 0 radical (unpaired) electrons. The highest BCUT2D eigenvalue weighted by Gasteiger charge is 2.25. The number of hydrogen-bond acceptors (Lipinski definition) is 3. The maximum Gasteiger partial charge on any atom is 0.231 e. The Hall–Kier alpha value is -1.45. The smallest absolute Gasteiger partial charge is 0.231 e. The van der Waals surface area contributed by atoms with Gasteiger partial charge in [-0.25, -0.2) is 9.97 Å². The first-order valence-corrected chi connectivity index (χ1v) is 4.63. The molecule has 0 aliphatic carbocycles. The Morgan fingerprint density at radius 3 is 2.79 bits per heavy atom. The van der Waals surface area contributed by atoms with Crippen LogP contribution < -0.4 is 5.32 Å². The van der Waals surface area contributed by atoms with Gasteiger partial charge in [-0.2, -0.15) is 0 Å². The van der Waals surface area contributed by atoms with Crippen LogP contribution in [0.5, 0.6) is 0 Å². The number of carbonyl (C=O) groups excluding carboxylic acids is 1. The van der Waals surface area contributed by atoms with Crippen LogP contribution in [0.25, 0.3) is 0 Å². The topological polar surface area (TPSA) is 54.9 Å². The molecule has 1 rings (SSSR count). The van der Waals surface area contributed by atoms with E-state index in [9.17, 15) is 4.79 Å². The molecule has 14 heavy (non-hydrogen) atoms. The fraction of sp³-hybridized carbons (Fsp3) is 0.500. The van der Waals surface area contributed by atoms with E-state index < -0.39 is 0 Å². The van der Waals surface area contributed by atoms with E-state index in [0.29, 0.717) is 5.82 Å². The molecule has 0 bridgehead atoms. The second-order valence-corrected chi connectivity index (χ2v) is 3.79. The predicted molar refractivity (Wildman–Crippen MR) is 54.7 cm³/mol. The summed E-state index contributed by atoms with van der Waals surface area (Å²) in [4.78, 5) is 19.4. The van der Waals surface area contributed by atoms with Gasteiger partial charge in [0.05, 0.1) is 0 Å². The summed E-state index contributed by atoms with van der Waals surface area (Å²) < 4.78 is 0. The zero-order valence-corrected chi connectivity index (χ0v) is 8.74. The maximum atomic E-state index is 11.7. The molecule has 1 amide bonds. The van der Waals surface area contributed by atoms with Crippen molar-refractivity contribution < 1.29 is 4.79 Å². The highest BCUT2D eigenvalue weighted by Crippen LogP contribution is 2.21. The van der Waals surface area contributed by atoms with Gasteiger partial charge in [0.2, 0.25) is 5.91 Å². The van der Waals surface area contributed by atoms with Gasteiger partial charge in [-0.15, -0.1) is 0 Å². The fourth-order valence-corrected chi connectivity index (χ4v) is 0.811. The third kappa shape index (κ3) is 2.52. The minimum Gasteiger partial charge on any atom is -0.310 e. The van der Waals surface area contributed by atoms with Crippen molar-refractivity contribution in [2.24, 2.45) is 5.41 Å². The summed E-state index contributed by atoms with van der Waals surface area (Å²) >= 11 is 0. The molecule has 0 aliphatic heterocycles. The van der Waals surface area contributed by atoms with Crippen LogP contribution in [0, 0.1) is 5.41 Å². The lowest BCUT2D eigenvalue weighted by atomic mass is 9.89. The Morgan fingerprint density at radius 1 is 1.57 bits per heavy atom. The third-order valence-corrected chi connectivity index (χ3v) is 2.32. The normalized spacial score (nSPS) is 11.1. The van der Waals surface area contributed by atoms with Crippen molar-refractivity contribution in [2.75, 3.05) is 5.32 Å². The van der Waals surface area contributed by atoms with E-state index >= 15 is 0 Å². The largest absolute Gasteiger partial charge is 0.310 e. The van der Waals surface area contributed by atoms with E-state index in [4.69, 9.17) is 0 Å². The molecular formula is C10H15N3O. The van der Waals surface area contributed by atoms with Crippen LogP contribution in [0.1, 0.15) is 27.2 Å². The van der Waals surface area contributed by atoms with Crippen LogP contribution in [0.15, 0.2) is 18.6 Å². The standard InChI is InChI=1S/C10H15N3O/c1-4-10(2,3)9(14)13-8-5-6-11-7-12-8/h5-7H,4H2,1-3H3,(H,11,12,13,14). The van der Waals surface area contributed by atoms with E-state index in [-0.39, 0.29) is 11.3 Å². The molecule has 0 saturated carbocycles. The molecule has 0 spiro atoms. The van der Waals surface area contributed by atoms with Crippen LogP contribution in [0.4, 0.5) is 5.82 Å². The molecule has 0 fully saturated rings. The monoisotopic (exact) mass is 193 g/mol. The Balaban J connectivity index is 2.67. The number of nitrogens with one attached hydrogen (secondary N) is 1. The van der Waals surface area contributed by atoms with Crippen LogP contribution >= 0.6 is 0 Å². The van der Waals surface area contributed by atoms with Crippen molar-refractivity contribution in [2.45, 2.75) is 27.2 Å². The summed E-state index contributed by atoms with van der Waals surface area (Å²) in [5, 5.41) is 2.74. The summed E-state index contributed by atoms with van der Waals surface area (Å²) in [5.41, 5.74) is -0.356.